The summed E-state index contributed by atoms with van der Waals surface area (Å²) in [6.45, 7) is 11.1. The predicted octanol–water partition coefficient (Wildman–Crippen LogP) is 3.20. The maximum absolute atomic E-state index is 12.7. The number of amides is 1. The van der Waals surface area contributed by atoms with Crippen LogP contribution in [-0.4, -0.2) is 52.4 Å². The van der Waals surface area contributed by atoms with Gasteiger partial charge in [-0.25, -0.2) is 0 Å². The van der Waals surface area contributed by atoms with Gasteiger partial charge < -0.3 is 14.2 Å². The summed E-state index contributed by atoms with van der Waals surface area (Å²) < 4.78 is 5.69. The molecule has 0 spiro atoms. The second kappa shape index (κ2) is 7.70. The number of benzene rings is 1. The van der Waals surface area contributed by atoms with Gasteiger partial charge in [0.25, 0.3) is 5.22 Å². The van der Waals surface area contributed by atoms with Gasteiger partial charge in [0.2, 0.25) is 11.8 Å². The fourth-order valence-electron chi connectivity index (χ4n) is 2.84. The van der Waals surface area contributed by atoms with Crippen molar-refractivity contribution in [1.29, 1.82) is 0 Å². The summed E-state index contributed by atoms with van der Waals surface area (Å²) >= 11 is 1.33. The third-order valence-electron chi connectivity index (χ3n) is 4.39. The van der Waals surface area contributed by atoms with E-state index in [-0.39, 0.29) is 16.6 Å². The van der Waals surface area contributed by atoms with Gasteiger partial charge >= 0.3 is 0 Å². The maximum Gasteiger partial charge on any atom is 0.277 e. The first-order chi connectivity index (χ1) is 12.3. The molecule has 140 valence electrons. The minimum atomic E-state index is -0.244. The Morgan fingerprint density at radius 1 is 1.12 bits per heavy atom. The number of nitrogens with zero attached hydrogens (tertiary/aromatic N) is 4. The van der Waals surface area contributed by atoms with Crippen molar-refractivity contribution in [3.05, 3.63) is 36.2 Å². The number of anilines is 1. The van der Waals surface area contributed by atoms with Crippen molar-refractivity contribution in [2.24, 2.45) is 0 Å². The van der Waals surface area contributed by atoms with Crippen molar-refractivity contribution < 1.29 is 9.21 Å². The molecular weight excluding hydrogens is 348 g/mol. The Kier molecular flexibility index (Phi) is 5.55. The summed E-state index contributed by atoms with van der Waals surface area (Å²) in [7, 11) is 0. The number of carbonyl (C=O) groups excluding carboxylic acids is 1. The summed E-state index contributed by atoms with van der Waals surface area (Å²) in [4.78, 5) is 17.0. The average molecular weight is 375 g/mol. The molecule has 0 bridgehead atoms. The highest BCUT2D eigenvalue weighted by Gasteiger charge is 2.28. The molecule has 1 aliphatic rings. The first-order valence-electron chi connectivity index (χ1n) is 8.94. The van der Waals surface area contributed by atoms with Gasteiger partial charge in [-0.15, -0.1) is 10.2 Å². The molecule has 2 aromatic rings. The maximum atomic E-state index is 12.7. The highest BCUT2D eigenvalue weighted by atomic mass is 32.2. The Morgan fingerprint density at radius 2 is 1.77 bits per heavy atom. The van der Waals surface area contributed by atoms with Gasteiger partial charge in [0.15, 0.2) is 0 Å². The van der Waals surface area contributed by atoms with Crippen LogP contribution in [0.5, 0.6) is 0 Å². The van der Waals surface area contributed by atoms with Crippen LogP contribution in [0.15, 0.2) is 40.0 Å². The second-order valence-electron chi connectivity index (χ2n) is 7.53. The standard InChI is InChI=1S/C19H26N4O2S/c1-14(26-18-21-20-17(25-18)19(2,3)4)16(24)23-12-10-22(11-13-23)15-8-6-5-7-9-15/h5-9,14H,10-13H2,1-4H3/t14-/m1/s1. The zero-order valence-electron chi connectivity index (χ0n) is 15.8. The lowest BCUT2D eigenvalue weighted by molar-refractivity contribution is -0.130. The Hall–Kier alpha value is -2.02. The number of piperazine rings is 1. The van der Waals surface area contributed by atoms with E-state index in [1.165, 1.54) is 17.4 Å². The molecule has 1 saturated heterocycles. The van der Waals surface area contributed by atoms with Crippen LogP contribution in [0.4, 0.5) is 5.69 Å². The van der Waals surface area contributed by atoms with Crippen molar-refractivity contribution in [3.63, 3.8) is 0 Å². The van der Waals surface area contributed by atoms with E-state index in [2.05, 4.69) is 27.2 Å². The van der Waals surface area contributed by atoms with Crippen LogP contribution in [0.25, 0.3) is 0 Å². The Labute approximate surface area is 159 Å². The minimum Gasteiger partial charge on any atom is -0.415 e. The third-order valence-corrected chi connectivity index (χ3v) is 5.31. The molecule has 6 nitrogen and oxygen atoms in total. The summed E-state index contributed by atoms with van der Waals surface area (Å²) in [6, 6.07) is 10.3. The second-order valence-corrected chi connectivity index (χ2v) is 8.82. The van der Waals surface area contributed by atoms with Gasteiger partial charge in [0.05, 0.1) is 5.25 Å². The van der Waals surface area contributed by atoms with Crippen molar-refractivity contribution in [2.45, 2.75) is 43.6 Å². The normalized spacial score (nSPS) is 16.6. The van der Waals surface area contributed by atoms with Gasteiger partial charge in [-0.3, -0.25) is 4.79 Å². The number of hydrogen-bond donors (Lipinski definition) is 0. The van der Waals surface area contributed by atoms with Gasteiger partial charge in [-0.2, -0.15) is 0 Å². The SMILES string of the molecule is C[C@@H](Sc1nnc(C(C)(C)C)o1)C(=O)N1CCN(c2ccccc2)CC1. The molecule has 26 heavy (non-hydrogen) atoms. The Morgan fingerprint density at radius 3 is 2.35 bits per heavy atom. The van der Waals surface area contributed by atoms with Gasteiger partial charge in [0, 0.05) is 37.3 Å². The van der Waals surface area contributed by atoms with Gasteiger partial charge in [0.1, 0.15) is 0 Å². The Balaban J connectivity index is 1.54. The lowest BCUT2D eigenvalue weighted by atomic mass is 9.97. The molecule has 1 aliphatic heterocycles. The van der Waals surface area contributed by atoms with Crippen LogP contribution in [-0.2, 0) is 10.2 Å². The number of hydrogen-bond acceptors (Lipinski definition) is 6. The van der Waals surface area contributed by atoms with Crippen molar-refractivity contribution in [2.75, 3.05) is 31.1 Å². The van der Waals surface area contributed by atoms with Crippen molar-refractivity contribution >= 4 is 23.4 Å². The lowest BCUT2D eigenvalue weighted by Gasteiger charge is -2.37. The molecule has 1 amide bonds. The van der Waals surface area contributed by atoms with E-state index in [9.17, 15) is 4.79 Å². The molecule has 7 heteroatoms. The lowest BCUT2D eigenvalue weighted by Crippen LogP contribution is -2.50. The van der Waals surface area contributed by atoms with Crippen LogP contribution < -0.4 is 4.90 Å². The molecule has 2 heterocycles. The Bertz CT molecular complexity index is 733. The first kappa shape index (κ1) is 18.8. The monoisotopic (exact) mass is 374 g/mol. The van der Waals surface area contributed by atoms with E-state index >= 15 is 0 Å². The summed E-state index contributed by atoms with van der Waals surface area (Å²) in [5.41, 5.74) is 1.02. The van der Waals surface area contributed by atoms with E-state index in [4.69, 9.17) is 4.42 Å². The topological polar surface area (TPSA) is 62.5 Å². The largest absolute Gasteiger partial charge is 0.415 e. The van der Waals surface area contributed by atoms with Crippen molar-refractivity contribution in [3.8, 4) is 0 Å². The molecule has 0 unspecified atom stereocenters. The molecule has 0 radical (unpaired) electrons. The fraction of sp³-hybridized carbons (Fsp3) is 0.526. The highest BCUT2D eigenvalue weighted by Crippen LogP contribution is 2.28. The van der Waals surface area contributed by atoms with Crippen LogP contribution in [0.1, 0.15) is 33.6 Å². The number of thioether (sulfide) groups is 1. The summed E-state index contributed by atoms with van der Waals surface area (Å²) in [5, 5.41) is 8.37. The average Bonchev–Trinajstić information content (AvgIpc) is 3.11. The molecule has 0 aliphatic carbocycles. The van der Waals surface area contributed by atoms with Crippen LogP contribution in [0, 0.1) is 0 Å². The van der Waals surface area contributed by atoms with E-state index in [1.807, 2.05) is 50.8 Å². The molecular formula is C19H26N4O2S. The van der Waals surface area contributed by atoms with Crippen LogP contribution in [0.3, 0.4) is 0 Å². The minimum absolute atomic E-state index is 0.123. The molecule has 1 aromatic heterocycles. The van der Waals surface area contributed by atoms with E-state index in [1.54, 1.807) is 0 Å². The number of aromatic nitrogens is 2. The van der Waals surface area contributed by atoms with Crippen LogP contribution in [0.2, 0.25) is 0 Å². The number of rotatable bonds is 4. The highest BCUT2D eigenvalue weighted by molar-refractivity contribution is 8.00. The van der Waals surface area contributed by atoms with Crippen LogP contribution >= 0.6 is 11.8 Å². The number of carbonyl (C=O) groups is 1. The zero-order chi connectivity index (χ0) is 18.7. The first-order valence-corrected chi connectivity index (χ1v) is 9.82. The third kappa shape index (κ3) is 4.38. The molecule has 1 fully saturated rings. The number of para-hydroxylation sites is 1. The van der Waals surface area contributed by atoms with Gasteiger partial charge in [-0.05, 0) is 19.1 Å². The van der Waals surface area contributed by atoms with E-state index in [0.29, 0.717) is 11.1 Å². The van der Waals surface area contributed by atoms with Crippen molar-refractivity contribution in [1.82, 2.24) is 15.1 Å². The molecule has 1 atom stereocenters. The smallest absolute Gasteiger partial charge is 0.277 e. The molecule has 0 N–H and O–H groups in total. The van der Waals surface area contributed by atoms with E-state index < -0.39 is 0 Å². The molecule has 3 rings (SSSR count). The summed E-state index contributed by atoms with van der Waals surface area (Å²) in [5.74, 6) is 0.717. The molecule has 1 aromatic carbocycles. The predicted molar refractivity (Wildman–Crippen MR) is 104 cm³/mol. The zero-order valence-corrected chi connectivity index (χ0v) is 16.6. The molecule has 0 saturated carbocycles. The quantitative estimate of drug-likeness (QED) is 0.766. The van der Waals surface area contributed by atoms with Gasteiger partial charge in [-0.1, -0.05) is 50.7 Å². The summed E-state index contributed by atoms with van der Waals surface area (Å²) in [6.07, 6.45) is 0. The fourth-order valence-corrected chi connectivity index (χ4v) is 3.61. The van der Waals surface area contributed by atoms with E-state index in [0.717, 1.165) is 26.2 Å².